The van der Waals surface area contributed by atoms with E-state index in [1.54, 1.807) is 24.3 Å². The Hall–Kier alpha value is -2.41. The van der Waals surface area contributed by atoms with Crippen molar-refractivity contribution < 1.29 is 8.42 Å². The summed E-state index contributed by atoms with van der Waals surface area (Å²) < 4.78 is 27.5. The molecule has 3 aromatic rings. The van der Waals surface area contributed by atoms with Gasteiger partial charge in [-0.15, -0.1) is 0 Å². The van der Waals surface area contributed by atoms with Gasteiger partial charge in [-0.25, -0.2) is 22.4 Å². The monoisotopic (exact) mass is 454 g/mol. The minimum absolute atomic E-state index is 0.270. The predicted molar refractivity (Wildman–Crippen MR) is 126 cm³/mol. The van der Waals surface area contributed by atoms with Crippen LogP contribution in [0.25, 0.3) is 0 Å². The van der Waals surface area contributed by atoms with Gasteiger partial charge in [0.1, 0.15) is 6.33 Å². The third-order valence-electron chi connectivity index (χ3n) is 6.76. The summed E-state index contributed by atoms with van der Waals surface area (Å²) in [6.45, 7) is 1.91. The molecule has 0 amide bonds. The quantitative estimate of drug-likeness (QED) is 0.495. The Kier molecular flexibility index (Phi) is 7.45. The van der Waals surface area contributed by atoms with Gasteiger partial charge < -0.3 is 4.57 Å². The Morgan fingerprint density at radius 2 is 1.50 bits per heavy atom. The first-order valence-electron chi connectivity index (χ1n) is 11.9. The van der Waals surface area contributed by atoms with Crippen LogP contribution in [0, 0.1) is 6.92 Å². The average Bonchev–Trinajstić information content (AvgIpc) is 3.54. The lowest BCUT2D eigenvalue weighted by molar-refractivity contribution is 0.331. The molecule has 0 spiro atoms. The van der Waals surface area contributed by atoms with E-state index in [9.17, 15) is 8.42 Å². The summed E-state index contributed by atoms with van der Waals surface area (Å²) in [5, 5.41) is 0. The maximum atomic E-state index is 11.9. The van der Waals surface area contributed by atoms with E-state index in [4.69, 9.17) is 0 Å². The Labute approximate surface area is 191 Å². The minimum Gasteiger partial charge on any atom is -0.331 e. The van der Waals surface area contributed by atoms with Crippen molar-refractivity contribution in [3.63, 3.8) is 0 Å². The van der Waals surface area contributed by atoms with Crippen molar-refractivity contribution in [2.75, 3.05) is 0 Å². The summed E-state index contributed by atoms with van der Waals surface area (Å²) in [6, 6.07) is 7.46. The first kappa shape index (κ1) is 22.8. The molecule has 7 heteroatoms. The van der Waals surface area contributed by atoms with Gasteiger partial charge in [0.15, 0.2) is 0 Å². The molecule has 2 aromatic heterocycles. The van der Waals surface area contributed by atoms with Crippen molar-refractivity contribution in [2.45, 2.75) is 88.0 Å². The largest absolute Gasteiger partial charge is 0.331 e. The summed E-state index contributed by atoms with van der Waals surface area (Å²) in [7, 11) is -3.46. The molecule has 2 heterocycles. The second-order valence-corrected chi connectivity index (χ2v) is 10.9. The van der Waals surface area contributed by atoms with E-state index in [1.807, 2.05) is 6.92 Å². The van der Waals surface area contributed by atoms with Crippen LogP contribution in [0.5, 0.6) is 0 Å². The van der Waals surface area contributed by atoms with Gasteiger partial charge in [0.25, 0.3) is 10.0 Å². The van der Waals surface area contributed by atoms with Gasteiger partial charge in [-0.3, -0.25) is 0 Å². The maximum absolute atomic E-state index is 11.9. The number of aromatic nitrogens is 4. The normalized spacial score (nSPS) is 18.2. The molecule has 0 unspecified atom stereocenters. The fourth-order valence-corrected chi connectivity index (χ4v) is 6.03. The summed E-state index contributed by atoms with van der Waals surface area (Å²) in [4.78, 5) is 8.42. The smallest absolute Gasteiger partial charge is 0.268 e. The van der Waals surface area contributed by atoms with Crippen LogP contribution >= 0.6 is 0 Å². The summed E-state index contributed by atoms with van der Waals surface area (Å²) in [6.07, 6.45) is 22.4. The van der Waals surface area contributed by atoms with Gasteiger partial charge in [-0.2, -0.15) is 0 Å². The predicted octanol–water partition coefficient (Wildman–Crippen LogP) is 5.86. The summed E-state index contributed by atoms with van der Waals surface area (Å²) in [5.41, 5.74) is 2.57. The van der Waals surface area contributed by atoms with E-state index in [1.165, 1.54) is 88.6 Å². The Morgan fingerprint density at radius 3 is 2.12 bits per heavy atom. The van der Waals surface area contributed by atoms with Crippen LogP contribution < -0.4 is 0 Å². The molecule has 32 heavy (non-hydrogen) atoms. The van der Waals surface area contributed by atoms with Crippen molar-refractivity contribution in [3.8, 4) is 0 Å². The molecular weight excluding hydrogens is 420 g/mol. The number of benzene rings is 1. The topological polar surface area (TPSA) is 69.8 Å². The van der Waals surface area contributed by atoms with Crippen LogP contribution in [0.1, 0.15) is 87.4 Å². The zero-order valence-corrected chi connectivity index (χ0v) is 19.8. The molecule has 0 radical (unpaired) electrons. The van der Waals surface area contributed by atoms with Crippen molar-refractivity contribution in [1.82, 2.24) is 18.5 Å². The second kappa shape index (κ2) is 10.5. The van der Waals surface area contributed by atoms with Gasteiger partial charge in [0, 0.05) is 36.2 Å². The molecule has 1 aromatic carbocycles. The number of rotatable bonds is 4. The molecule has 0 N–H and O–H groups in total. The molecule has 2 fully saturated rings. The molecule has 172 valence electrons. The van der Waals surface area contributed by atoms with Crippen molar-refractivity contribution in [2.24, 2.45) is 0 Å². The van der Waals surface area contributed by atoms with Crippen LogP contribution in [0.3, 0.4) is 0 Å². The fraction of sp³-hybridized carbons (Fsp3) is 0.520. The highest BCUT2D eigenvalue weighted by molar-refractivity contribution is 7.90. The molecule has 0 saturated heterocycles. The summed E-state index contributed by atoms with van der Waals surface area (Å²) >= 11 is 0. The highest BCUT2D eigenvalue weighted by Gasteiger charge is 2.23. The maximum Gasteiger partial charge on any atom is 0.268 e. The first-order chi connectivity index (χ1) is 15.6. The first-order valence-corrected chi connectivity index (χ1v) is 13.3. The highest BCUT2D eigenvalue weighted by Crippen LogP contribution is 2.36. The van der Waals surface area contributed by atoms with Gasteiger partial charge in [0.05, 0.1) is 11.2 Å². The number of imidazole rings is 2. The molecule has 0 bridgehead atoms. The van der Waals surface area contributed by atoms with E-state index < -0.39 is 10.0 Å². The number of aryl methyl sites for hydroxylation is 1. The molecule has 0 aliphatic heterocycles. The Bertz CT molecular complexity index is 1030. The lowest BCUT2D eigenvalue weighted by atomic mass is 9.86. The molecule has 2 aliphatic rings. The van der Waals surface area contributed by atoms with E-state index >= 15 is 0 Å². The van der Waals surface area contributed by atoms with E-state index in [0.717, 1.165) is 21.5 Å². The van der Waals surface area contributed by atoms with E-state index in [0.29, 0.717) is 0 Å². The number of nitrogens with zero attached hydrogens (tertiary/aromatic N) is 4. The Morgan fingerprint density at radius 1 is 0.844 bits per heavy atom. The van der Waals surface area contributed by atoms with Crippen LogP contribution in [-0.2, 0) is 10.0 Å². The standard InChI is InChI=1S/C15H24N2.C10H10N2O2S/c1-3-7-13(8-4-1)15-11-16-12-17(15)14-9-5-2-6-10-14;1-9-2-4-10(5-3-9)15(13,14)12-7-6-11-8-12/h11-14H,1-10H2;2-8H,1H3. The number of hydrogen-bond donors (Lipinski definition) is 0. The lowest BCUT2D eigenvalue weighted by Gasteiger charge is -2.29. The van der Waals surface area contributed by atoms with Crippen molar-refractivity contribution >= 4 is 10.0 Å². The third kappa shape index (κ3) is 5.31. The SMILES string of the molecule is Cc1ccc(S(=O)(=O)n2ccnc2)cc1.c1ncn(C2CCCCC2)c1C1CCCCC1. The van der Waals surface area contributed by atoms with Gasteiger partial charge in [-0.1, -0.05) is 56.2 Å². The minimum atomic E-state index is -3.46. The van der Waals surface area contributed by atoms with Gasteiger partial charge in [-0.05, 0) is 44.7 Å². The van der Waals surface area contributed by atoms with Crippen LogP contribution in [-0.4, -0.2) is 26.9 Å². The van der Waals surface area contributed by atoms with Crippen molar-refractivity contribution in [1.29, 1.82) is 0 Å². The molecule has 2 saturated carbocycles. The second-order valence-electron chi connectivity index (χ2n) is 9.06. The molecule has 0 atom stereocenters. The molecule has 5 rings (SSSR count). The zero-order chi connectivity index (χ0) is 22.4. The van der Waals surface area contributed by atoms with Crippen LogP contribution in [0.4, 0.5) is 0 Å². The van der Waals surface area contributed by atoms with Crippen LogP contribution in [0.2, 0.25) is 0 Å². The molecular formula is C25H34N4O2S. The van der Waals surface area contributed by atoms with E-state index in [-0.39, 0.29) is 4.90 Å². The van der Waals surface area contributed by atoms with Crippen molar-refractivity contribution in [3.05, 3.63) is 66.8 Å². The molecule has 2 aliphatic carbocycles. The number of hydrogen-bond acceptors (Lipinski definition) is 4. The van der Waals surface area contributed by atoms with Gasteiger partial charge in [0.2, 0.25) is 0 Å². The summed E-state index contributed by atoms with van der Waals surface area (Å²) in [5.74, 6) is 0.799. The lowest BCUT2D eigenvalue weighted by Crippen LogP contribution is -2.17. The fourth-order valence-electron chi connectivity index (χ4n) is 4.91. The van der Waals surface area contributed by atoms with Gasteiger partial charge >= 0.3 is 0 Å². The third-order valence-corrected chi connectivity index (χ3v) is 8.40. The van der Waals surface area contributed by atoms with Crippen LogP contribution in [0.15, 0.2) is 60.4 Å². The average molecular weight is 455 g/mol. The zero-order valence-electron chi connectivity index (χ0n) is 18.9. The highest BCUT2D eigenvalue weighted by atomic mass is 32.2. The molecule has 6 nitrogen and oxygen atoms in total. The Balaban J connectivity index is 0.000000155. The van der Waals surface area contributed by atoms with E-state index in [2.05, 4.69) is 27.1 Å².